The third-order valence-corrected chi connectivity index (χ3v) is 2.84. The van der Waals surface area contributed by atoms with Crippen molar-refractivity contribution in [1.82, 2.24) is 0 Å². The van der Waals surface area contributed by atoms with E-state index in [9.17, 15) is 20.4 Å². The summed E-state index contributed by atoms with van der Waals surface area (Å²) in [5, 5.41) is 47.5. The zero-order valence-corrected chi connectivity index (χ0v) is 9.49. The Balaban J connectivity index is 0. The van der Waals surface area contributed by atoms with Gasteiger partial charge in [0, 0.05) is 6.42 Å². The minimum absolute atomic E-state index is 0. The van der Waals surface area contributed by atoms with E-state index in [1.165, 1.54) is 0 Å². The molecule has 1 radical (unpaired) electrons. The van der Waals surface area contributed by atoms with Crippen LogP contribution < -0.4 is 0 Å². The first-order chi connectivity index (χ1) is 7.46. The van der Waals surface area contributed by atoms with Crippen molar-refractivity contribution in [3.05, 3.63) is 6.92 Å². The van der Waals surface area contributed by atoms with Gasteiger partial charge in [-0.15, -0.1) is 0 Å². The first-order valence-corrected chi connectivity index (χ1v) is 5.30. The van der Waals surface area contributed by atoms with E-state index in [4.69, 9.17) is 9.84 Å². The van der Waals surface area contributed by atoms with Crippen molar-refractivity contribution in [2.24, 2.45) is 0 Å². The number of rotatable bonds is 4. The fraction of sp³-hybridized carbons (Fsp3) is 0.900. The quantitative estimate of drug-likeness (QED) is 0.340. The summed E-state index contributed by atoms with van der Waals surface area (Å²) >= 11 is 0. The summed E-state index contributed by atoms with van der Waals surface area (Å²) in [5.41, 5.74) is 0. The molecule has 1 fully saturated rings. The molecule has 1 rings (SSSR count). The van der Waals surface area contributed by atoms with Crippen LogP contribution in [-0.4, -0.2) is 97.4 Å². The molecule has 0 saturated carbocycles. The number of hydrogen-bond acceptors (Lipinski definition) is 6. The van der Waals surface area contributed by atoms with Gasteiger partial charge in [-0.05, 0) is 6.42 Å². The summed E-state index contributed by atoms with van der Waals surface area (Å²) in [6.45, 7) is 3.05. The monoisotopic (exact) mass is 277 g/mol. The van der Waals surface area contributed by atoms with Gasteiger partial charge in [0.2, 0.25) is 0 Å². The van der Waals surface area contributed by atoms with Gasteiger partial charge in [-0.1, -0.05) is 13.3 Å². The van der Waals surface area contributed by atoms with E-state index in [1.54, 1.807) is 0 Å². The molecule has 0 spiro atoms. The van der Waals surface area contributed by atoms with E-state index in [-0.39, 0.29) is 41.5 Å². The zero-order valence-electron chi connectivity index (χ0n) is 9.49. The molecule has 1 saturated heterocycles. The average molecular weight is 277 g/mol. The molecular weight excluding hydrogens is 255 g/mol. The van der Waals surface area contributed by atoms with Crippen molar-refractivity contribution >= 4 is 29.6 Å². The standard InChI is InChI=1S/C10H19O6.Na.H2O.H/c1-2-3-4-10(15)9(14)8(13)7(12)6(5-11)16-10;;;/h6-9,11-15H,1-5H2;;1H2;/t6-,7-,8+,9-,10-;;;/m1.../s1. The number of aliphatic hydroxyl groups is 5. The molecule has 5 atom stereocenters. The first kappa shape index (κ1) is 21.0. The zero-order chi connectivity index (χ0) is 12.3. The van der Waals surface area contributed by atoms with Gasteiger partial charge in [-0.3, -0.25) is 0 Å². The third kappa shape index (κ3) is 4.38. The molecule has 0 aliphatic carbocycles. The number of unbranched alkanes of at least 4 members (excludes halogenated alkanes) is 1. The van der Waals surface area contributed by atoms with E-state index < -0.39 is 36.8 Å². The van der Waals surface area contributed by atoms with Gasteiger partial charge >= 0.3 is 29.6 Å². The predicted molar refractivity (Wildman–Crippen MR) is 64.9 cm³/mol. The second-order valence-corrected chi connectivity index (χ2v) is 4.07. The molecule has 0 aromatic rings. The summed E-state index contributed by atoms with van der Waals surface area (Å²) < 4.78 is 5.04. The van der Waals surface area contributed by atoms with Gasteiger partial charge in [0.15, 0.2) is 5.79 Å². The van der Waals surface area contributed by atoms with Crippen LogP contribution in [0.15, 0.2) is 0 Å². The molecule has 1 aliphatic heterocycles. The molecule has 0 aromatic carbocycles. The van der Waals surface area contributed by atoms with Gasteiger partial charge in [0.1, 0.15) is 24.4 Å². The number of hydrogen-bond donors (Lipinski definition) is 5. The number of ether oxygens (including phenoxy) is 1. The molecule has 0 aromatic heterocycles. The topological polar surface area (TPSA) is 142 Å². The summed E-state index contributed by atoms with van der Waals surface area (Å²) in [7, 11) is 0. The molecule has 0 bridgehead atoms. The Hall–Kier alpha value is 0.720. The molecule has 0 amide bonds. The Labute approximate surface area is 128 Å². The van der Waals surface area contributed by atoms with Crippen LogP contribution in [-0.2, 0) is 4.74 Å². The van der Waals surface area contributed by atoms with Crippen molar-refractivity contribution < 1.29 is 35.7 Å². The average Bonchev–Trinajstić information content (AvgIpc) is 2.29. The van der Waals surface area contributed by atoms with Crippen LogP contribution >= 0.6 is 0 Å². The Morgan fingerprint density at radius 2 is 1.72 bits per heavy atom. The normalized spacial score (nSPS) is 39.7. The molecule has 0 unspecified atom stereocenters. The Morgan fingerprint density at radius 1 is 1.17 bits per heavy atom. The van der Waals surface area contributed by atoms with E-state index in [0.717, 1.165) is 0 Å². The van der Waals surface area contributed by atoms with Crippen LogP contribution in [0, 0.1) is 6.92 Å². The fourth-order valence-electron chi connectivity index (χ4n) is 1.81. The third-order valence-electron chi connectivity index (χ3n) is 2.84. The van der Waals surface area contributed by atoms with Crippen molar-refractivity contribution in [3.8, 4) is 0 Å². The molecule has 1 heterocycles. The van der Waals surface area contributed by atoms with Crippen LogP contribution in [0.4, 0.5) is 0 Å². The van der Waals surface area contributed by atoms with E-state index >= 15 is 0 Å². The second kappa shape index (κ2) is 8.80. The molecule has 8 heteroatoms. The van der Waals surface area contributed by atoms with Gasteiger partial charge in [-0.2, -0.15) is 0 Å². The number of aliphatic hydroxyl groups excluding tert-OH is 4. The Bertz CT molecular complexity index is 228. The van der Waals surface area contributed by atoms with Gasteiger partial charge in [0.25, 0.3) is 0 Å². The van der Waals surface area contributed by atoms with Crippen molar-refractivity contribution in [1.29, 1.82) is 0 Å². The Morgan fingerprint density at radius 3 is 2.17 bits per heavy atom. The minimum atomic E-state index is -1.94. The van der Waals surface area contributed by atoms with Crippen LogP contribution in [0.2, 0.25) is 0 Å². The molecule has 7 nitrogen and oxygen atoms in total. The van der Waals surface area contributed by atoms with Gasteiger partial charge in [0.05, 0.1) is 6.61 Å². The van der Waals surface area contributed by atoms with Crippen LogP contribution in [0.3, 0.4) is 0 Å². The van der Waals surface area contributed by atoms with Gasteiger partial charge < -0.3 is 35.7 Å². The fourth-order valence-corrected chi connectivity index (χ4v) is 1.81. The maximum atomic E-state index is 9.98. The summed E-state index contributed by atoms with van der Waals surface area (Å²) in [4.78, 5) is 0. The predicted octanol–water partition coefficient (Wildman–Crippen LogP) is -3.32. The molecule has 7 N–H and O–H groups in total. The van der Waals surface area contributed by atoms with E-state index in [0.29, 0.717) is 12.8 Å². The summed E-state index contributed by atoms with van der Waals surface area (Å²) in [6, 6.07) is 0. The van der Waals surface area contributed by atoms with Crippen molar-refractivity contribution in [3.63, 3.8) is 0 Å². The van der Waals surface area contributed by atoms with E-state index in [2.05, 4.69) is 6.92 Å². The second-order valence-electron chi connectivity index (χ2n) is 4.07. The molecule has 18 heavy (non-hydrogen) atoms. The van der Waals surface area contributed by atoms with Crippen LogP contribution in [0.25, 0.3) is 0 Å². The van der Waals surface area contributed by atoms with Crippen LogP contribution in [0.5, 0.6) is 0 Å². The SMILES string of the molecule is O.[CH2]CCC[C@@]1(O)O[C@H](CO)[C@@H](O)[C@H](O)[C@H]1O.[NaH]. The van der Waals surface area contributed by atoms with Crippen molar-refractivity contribution in [2.75, 3.05) is 6.61 Å². The summed E-state index contributed by atoms with van der Waals surface area (Å²) in [6.07, 6.45) is -4.54. The molecule has 1 aliphatic rings. The summed E-state index contributed by atoms with van der Waals surface area (Å²) in [5.74, 6) is -1.94. The molecule has 105 valence electrons. The first-order valence-electron chi connectivity index (χ1n) is 5.30. The molecular formula is C10H22NaO7. The van der Waals surface area contributed by atoms with Gasteiger partial charge in [-0.25, -0.2) is 0 Å². The van der Waals surface area contributed by atoms with Crippen molar-refractivity contribution in [2.45, 2.75) is 49.5 Å². The van der Waals surface area contributed by atoms with E-state index in [1.807, 2.05) is 0 Å². The Kier molecular flexibility index (Phi) is 10.3. The van der Waals surface area contributed by atoms with Crippen LogP contribution in [0.1, 0.15) is 19.3 Å². The maximum absolute atomic E-state index is 9.98.